The molecule has 3 N–H and O–H groups in total. The van der Waals surface area contributed by atoms with Crippen molar-refractivity contribution in [2.24, 2.45) is 0 Å². The number of rotatable bonds is 10. The first-order chi connectivity index (χ1) is 15.9. The number of aliphatic carboxylic acids is 1. The van der Waals surface area contributed by atoms with Gasteiger partial charge in [0, 0.05) is 6.42 Å². The third-order valence-corrected chi connectivity index (χ3v) is 5.65. The maximum Gasteiger partial charge on any atom is 0.303 e. The van der Waals surface area contributed by atoms with Crippen molar-refractivity contribution < 1.29 is 24.5 Å². The molecule has 0 aliphatic carbocycles. The molecule has 3 aromatic rings. The fourth-order valence-electron chi connectivity index (χ4n) is 3.92. The van der Waals surface area contributed by atoms with E-state index >= 15 is 0 Å². The zero-order valence-corrected chi connectivity index (χ0v) is 18.7. The molecule has 0 saturated carbocycles. The molecule has 0 radical (unpaired) electrons. The average Bonchev–Trinajstić information content (AvgIpc) is 2.79. The molecular formula is C28H29FO4. The number of halogens is 1. The molecule has 3 aromatic carbocycles. The highest BCUT2D eigenvalue weighted by Crippen LogP contribution is 2.37. The van der Waals surface area contributed by atoms with E-state index < -0.39 is 11.8 Å². The second-order valence-electron chi connectivity index (χ2n) is 8.10. The topological polar surface area (TPSA) is 77.8 Å². The predicted octanol–water partition coefficient (Wildman–Crippen LogP) is 6.79. The van der Waals surface area contributed by atoms with E-state index in [1.54, 1.807) is 30.3 Å². The Bertz CT molecular complexity index is 1070. The Morgan fingerprint density at radius 3 is 1.82 bits per heavy atom. The quantitative estimate of drug-likeness (QED) is 0.236. The molecule has 0 aliphatic rings. The van der Waals surface area contributed by atoms with E-state index in [9.17, 15) is 19.4 Å². The molecule has 33 heavy (non-hydrogen) atoms. The van der Waals surface area contributed by atoms with Crippen LogP contribution in [0.1, 0.15) is 61.3 Å². The normalized spacial score (nSPS) is 10.7. The SMILES string of the molecule is CCCCCC(=C(c1ccc(O)cc1)c1ccc(O)cc1)c1ccc(CCC(=O)O)c(F)c1. The summed E-state index contributed by atoms with van der Waals surface area (Å²) in [6.45, 7) is 2.13. The van der Waals surface area contributed by atoms with E-state index in [2.05, 4.69) is 6.92 Å². The van der Waals surface area contributed by atoms with Gasteiger partial charge in [-0.05, 0) is 83.0 Å². The first-order valence-electron chi connectivity index (χ1n) is 11.2. The first-order valence-corrected chi connectivity index (χ1v) is 11.2. The monoisotopic (exact) mass is 448 g/mol. The van der Waals surface area contributed by atoms with Gasteiger partial charge in [-0.25, -0.2) is 4.39 Å². The van der Waals surface area contributed by atoms with Gasteiger partial charge in [0.2, 0.25) is 0 Å². The summed E-state index contributed by atoms with van der Waals surface area (Å²) in [4.78, 5) is 10.9. The van der Waals surface area contributed by atoms with Crippen LogP contribution in [0.2, 0.25) is 0 Å². The van der Waals surface area contributed by atoms with Crippen LogP contribution >= 0.6 is 0 Å². The van der Waals surface area contributed by atoms with E-state index in [0.29, 0.717) is 5.56 Å². The molecule has 0 unspecified atom stereocenters. The smallest absolute Gasteiger partial charge is 0.303 e. The Labute approximate surface area is 193 Å². The third kappa shape index (κ3) is 6.45. The van der Waals surface area contributed by atoms with Crippen molar-refractivity contribution in [1.29, 1.82) is 0 Å². The van der Waals surface area contributed by atoms with Crippen LogP contribution in [-0.4, -0.2) is 21.3 Å². The van der Waals surface area contributed by atoms with Crippen LogP contribution < -0.4 is 0 Å². The minimum atomic E-state index is -0.958. The second kappa shape index (κ2) is 11.3. The van der Waals surface area contributed by atoms with Gasteiger partial charge in [-0.1, -0.05) is 56.2 Å². The summed E-state index contributed by atoms with van der Waals surface area (Å²) in [6.07, 6.45) is 3.73. The van der Waals surface area contributed by atoms with Crippen molar-refractivity contribution in [2.75, 3.05) is 0 Å². The lowest BCUT2D eigenvalue weighted by atomic mass is 9.86. The van der Waals surface area contributed by atoms with Crippen LogP contribution in [0, 0.1) is 5.82 Å². The van der Waals surface area contributed by atoms with E-state index in [4.69, 9.17) is 5.11 Å². The number of aromatic hydroxyl groups is 2. The number of carboxylic acid groups (broad SMARTS) is 1. The number of phenolic OH excluding ortho intramolecular Hbond substituents is 2. The summed E-state index contributed by atoms with van der Waals surface area (Å²) in [5.74, 6) is -1.06. The molecular weight excluding hydrogens is 419 g/mol. The van der Waals surface area contributed by atoms with E-state index in [1.807, 2.05) is 30.3 Å². The summed E-state index contributed by atoms with van der Waals surface area (Å²) >= 11 is 0. The fourth-order valence-corrected chi connectivity index (χ4v) is 3.92. The predicted molar refractivity (Wildman–Crippen MR) is 129 cm³/mol. The van der Waals surface area contributed by atoms with E-state index in [-0.39, 0.29) is 24.3 Å². The highest BCUT2D eigenvalue weighted by Gasteiger charge is 2.16. The van der Waals surface area contributed by atoms with Crippen molar-refractivity contribution in [3.63, 3.8) is 0 Å². The summed E-state index contributed by atoms with van der Waals surface area (Å²) in [6, 6.07) is 18.8. The van der Waals surface area contributed by atoms with Crippen molar-refractivity contribution in [1.82, 2.24) is 0 Å². The average molecular weight is 449 g/mol. The summed E-state index contributed by atoms with van der Waals surface area (Å²) in [7, 11) is 0. The number of aryl methyl sites for hydroxylation is 1. The Balaban J connectivity index is 2.18. The number of unbranched alkanes of at least 4 members (excludes halogenated alkanes) is 2. The van der Waals surface area contributed by atoms with Crippen molar-refractivity contribution in [3.8, 4) is 11.5 Å². The van der Waals surface area contributed by atoms with Crippen LogP contribution in [0.3, 0.4) is 0 Å². The number of carboxylic acids is 1. The number of hydrogen-bond donors (Lipinski definition) is 3. The van der Waals surface area contributed by atoms with Crippen LogP contribution in [0.15, 0.2) is 66.7 Å². The molecule has 0 aliphatic heterocycles. The maximum atomic E-state index is 14.9. The number of carbonyl (C=O) groups is 1. The summed E-state index contributed by atoms with van der Waals surface area (Å²) in [5, 5.41) is 28.5. The fraction of sp³-hybridized carbons (Fsp3) is 0.250. The van der Waals surface area contributed by atoms with Gasteiger partial charge in [0.05, 0.1) is 0 Å². The molecule has 0 amide bonds. The zero-order valence-electron chi connectivity index (χ0n) is 18.7. The Hall–Kier alpha value is -3.60. The number of phenols is 2. The lowest BCUT2D eigenvalue weighted by molar-refractivity contribution is -0.136. The largest absolute Gasteiger partial charge is 0.508 e. The third-order valence-electron chi connectivity index (χ3n) is 5.65. The van der Waals surface area contributed by atoms with Gasteiger partial charge in [-0.3, -0.25) is 4.79 Å². The van der Waals surface area contributed by atoms with Gasteiger partial charge < -0.3 is 15.3 Å². The molecule has 0 atom stereocenters. The standard InChI is InChI=1S/C28H29FO4/c1-2-3-4-5-25(22-7-6-19(26(29)18-22)12-17-27(32)33)28(20-8-13-23(30)14-9-20)21-10-15-24(31)16-11-21/h6-11,13-16,18,30-31H,2-5,12,17H2,1H3,(H,32,33). The molecule has 5 heteroatoms. The Morgan fingerprint density at radius 1 is 0.788 bits per heavy atom. The Morgan fingerprint density at radius 2 is 1.33 bits per heavy atom. The molecule has 0 aromatic heterocycles. The highest BCUT2D eigenvalue weighted by molar-refractivity contribution is 5.98. The minimum absolute atomic E-state index is 0.123. The number of hydrogen-bond acceptors (Lipinski definition) is 3. The number of benzene rings is 3. The molecule has 0 spiro atoms. The second-order valence-corrected chi connectivity index (χ2v) is 8.10. The number of allylic oxidation sites excluding steroid dienone is 1. The van der Waals surface area contributed by atoms with Crippen LogP contribution in [0.5, 0.6) is 11.5 Å². The zero-order chi connectivity index (χ0) is 23.8. The van der Waals surface area contributed by atoms with Gasteiger partial charge in [0.25, 0.3) is 0 Å². The van der Waals surface area contributed by atoms with Crippen molar-refractivity contribution in [3.05, 3.63) is 94.8 Å². The van der Waals surface area contributed by atoms with Crippen LogP contribution in [-0.2, 0) is 11.2 Å². The molecule has 0 heterocycles. The van der Waals surface area contributed by atoms with Gasteiger partial charge in [-0.2, -0.15) is 0 Å². The Kier molecular flexibility index (Phi) is 8.25. The molecule has 0 saturated heterocycles. The van der Waals surface area contributed by atoms with E-state index in [0.717, 1.165) is 53.5 Å². The lowest BCUT2D eigenvalue weighted by Gasteiger charge is -2.18. The lowest BCUT2D eigenvalue weighted by Crippen LogP contribution is -2.01. The summed E-state index contributed by atoms with van der Waals surface area (Å²) in [5.41, 5.74) is 4.73. The van der Waals surface area contributed by atoms with Gasteiger partial charge in [-0.15, -0.1) is 0 Å². The molecule has 0 bridgehead atoms. The van der Waals surface area contributed by atoms with Crippen LogP contribution in [0.4, 0.5) is 4.39 Å². The van der Waals surface area contributed by atoms with Crippen molar-refractivity contribution in [2.45, 2.75) is 45.4 Å². The van der Waals surface area contributed by atoms with Crippen molar-refractivity contribution >= 4 is 17.1 Å². The maximum absolute atomic E-state index is 14.9. The van der Waals surface area contributed by atoms with Crippen LogP contribution in [0.25, 0.3) is 11.1 Å². The van der Waals surface area contributed by atoms with Gasteiger partial charge in [0.1, 0.15) is 17.3 Å². The van der Waals surface area contributed by atoms with Gasteiger partial charge in [0.15, 0.2) is 0 Å². The molecule has 3 rings (SSSR count). The highest BCUT2D eigenvalue weighted by atomic mass is 19.1. The van der Waals surface area contributed by atoms with Gasteiger partial charge >= 0.3 is 5.97 Å². The molecule has 4 nitrogen and oxygen atoms in total. The summed E-state index contributed by atoms with van der Waals surface area (Å²) < 4.78 is 14.9. The first kappa shape index (κ1) is 24.1. The minimum Gasteiger partial charge on any atom is -0.508 e. The molecule has 0 fully saturated rings. The molecule has 172 valence electrons. The van der Waals surface area contributed by atoms with E-state index in [1.165, 1.54) is 6.07 Å².